The molecule has 0 spiro atoms. The molecule has 0 unspecified atom stereocenters. The average Bonchev–Trinajstić information content (AvgIpc) is 3.23. The van der Waals surface area contributed by atoms with Gasteiger partial charge < -0.3 is 5.32 Å². The van der Waals surface area contributed by atoms with Gasteiger partial charge in [-0.2, -0.15) is 10.2 Å². The van der Waals surface area contributed by atoms with Crippen LogP contribution in [0, 0.1) is 13.8 Å². The Morgan fingerprint density at radius 1 is 1.04 bits per heavy atom. The number of nitrogens with zero attached hydrogens (tertiary/aromatic N) is 4. The summed E-state index contributed by atoms with van der Waals surface area (Å²) >= 11 is 0. The van der Waals surface area contributed by atoms with E-state index < -0.39 is 0 Å². The number of amides is 1. The molecule has 1 aromatic carbocycles. The number of hydrogen-bond donors (Lipinski definition) is 1. The molecule has 1 N–H and O–H groups in total. The van der Waals surface area contributed by atoms with Gasteiger partial charge in [0.1, 0.15) is 0 Å². The first-order valence-corrected chi connectivity index (χ1v) is 8.95. The van der Waals surface area contributed by atoms with Gasteiger partial charge in [0.25, 0.3) is 5.91 Å². The van der Waals surface area contributed by atoms with E-state index in [4.69, 9.17) is 0 Å². The fourth-order valence-corrected chi connectivity index (χ4v) is 3.20. The van der Waals surface area contributed by atoms with Crippen molar-refractivity contribution in [1.29, 1.82) is 0 Å². The van der Waals surface area contributed by atoms with Crippen LogP contribution in [-0.4, -0.2) is 25.3 Å². The van der Waals surface area contributed by atoms with Crippen molar-refractivity contribution in [3.63, 3.8) is 0 Å². The van der Waals surface area contributed by atoms with Gasteiger partial charge in [0.05, 0.1) is 22.6 Å². The number of hydrogen-bond acceptors (Lipinski definition) is 3. The largest absolute Gasteiger partial charge is 0.317 e. The van der Waals surface area contributed by atoms with Crippen molar-refractivity contribution in [1.82, 2.24) is 19.4 Å². The predicted octanol–water partition coefficient (Wildman–Crippen LogP) is 3.64. The zero-order valence-electron chi connectivity index (χ0n) is 15.4. The first-order valence-electron chi connectivity index (χ1n) is 8.95. The Kier molecular flexibility index (Phi) is 4.46. The van der Waals surface area contributed by atoms with Crippen molar-refractivity contribution in [3.8, 4) is 0 Å². The second-order valence-corrected chi connectivity index (χ2v) is 6.56. The highest BCUT2D eigenvalue weighted by Crippen LogP contribution is 2.21. The van der Waals surface area contributed by atoms with Gasteiger partial charge in [-0.25, -0.2) is 4.52 Å². The first kappa shape index (κ1) is 17.0. The van der Waals surface area contributed by atoms with Gasteiger partial charge in [0, 0.05) is 12.7 Å². The van der Waals surface area contributed by atoms with Crippen LogP contribution in [0.3, 0.4) is 0 Å². The minimum absolute atomic E-state index is 0.229. The van der Waals surface area contributed by atoms with E-state index in [2.05, 4.69) is 27.6 Å². The lowest BCUT2D eigenvalue weighted by atomic mass is 10.1. The number of aryl methyl sites for hydroxylation is 3. The molecule has 6 heteroatoms. The Morgan fingerprint density at radius 3 is 2.59 bits per heavy atom. The molecule has 4 rings (SSSR count). The van der Waals surface area contributed by atoms with Gasteiger partial charge in [-0.1, -0.05) is 36.4 Å². The molecule has 0 aliphatic carbocycles. The van der Waals surface area contributed by atoms with Gasteiger partial charge in [0.2, 0.25) is 0 Å². The van der Waals surface area contributed by atoms with E-state index in [-0.39, 0.29) is 5.91 Å². The molecule has 3 heterocycles. The summed E-state index contributed by atoms with van der Waals surface area (Å²) in [5.41, 5.74) is 5.04. The van der Waals surface area contributed by atoms with Crippen molar-refractivity contribution in [2.24, 2.45) is 0 Å². The molecule has 3 aromatic heterocycles. The van der Waals surface area contributed by atoms with Crippen LogP contribution in [0.4, 0.5) is 5.69 Å². The predicted molar refractivity (Wildman–Crippen MR) is 105 cm³/mol. The van der Waals surface area contributed by atoms with Crippen molar-refractivity contribution < 1.29 is 4.79 Å². The number of aromatic nitrogens is 4. The summed E-state index contributed by atoms with van der Waals surface area (Å²) in [6.07, 6.45) is 2.72. The van der Waals surface area contributed by atoms with Crippen LogP contribution in [0.2, 0.25) is 0 Å². The van der Waals surface area contributed by atoms with Crippen molar-refractivity contribution in [3.05, 3.63) is 83.4 Å². The lowest BCUT2D eigenvalue weighted by Crippen LogP contribution is -2.14. The van der Waals surface area contributed by atoms with Crippen molar-refractivity contribution in [2.75, 3.05) is 5.32 Å². The maximum Gasteiger partial charge on any atom is 0.276 e. The molecule has 27 heavy (non-hydrogen) atoms. The fourth-order valence-electron chi connectivity index (χ4n) is 3.20. The van der Waals surface area contributed by atoms with Crippen LogP contribution < -0.4 is 5.32 Å². The molecule has 1 amide bonds. The van der Waals surface area contributed by atoms with Crippen LogP contribution in [0.15, 0.2) is 60.8 Å². The lowest BCUT2D eigenvalue weighted by Gasteiger charge is -2.06. The van der Waals surface area contributed by atoms with E-state index in [9.17, 15) is 4.79 Å². The molecule has 0 aliphatic rings. The van der Waals surface area contributed by atoms with Crippen LogP contribution in [0.25, 0.3) is 5.52 Å². The number of nitrogens with one attached hydrogen (secondary N) is 1. The molecule has 4 aromatic rings. The number of fused-ring (bicyclic) bond motifs is 1. The third kappa shape index (κ3) is 3.46. The van der Waals surface area contributed by atoms with Gasteiger partial charge in [-0.15, -0.1) is 0 Å². The van der Waals surface area contributed by atoms with E-state index in [0.717, 1.165) is 35.6 Å². The topological polar surface area (TPSA) is 64.2 Å². The molecule has 136 valence electrons. The summed E-state index contributed by atoms with van der Waals surface area (Å²) in [4.78, 5) is 12.7. The summed E-state index contributed by atoms with van der Waals surface area (Å²) < 4.78 is 3.64. The standard InChI is InChI=1S/C21H21N5O/c1-15-20(16(2)25(23-15)13-11-17-8-4-3-5-9-17)22-21(27)19-14-18-10-6-7-12-26(18)24-19/h3-10,12,14H,11,13H2,1-2H3,(H,22,27). The Bertz CT molecular complexity index is 1060. The van der Waals surface area contributed by atoms with E-state index in [1.165, 1.54) is 5.56 Å². The second-order valence-electron chi connectivity index (χ2n) is 6.56. The number of carbonyl (C=O) groups excluding carboxylic acids is 1. The summed E-state index contributed by atoms with van der Waals surface area (Å²) in [6.45, 7) is 4.65. The van der Waals surface area contributed by atoms with Gasteiger partial charge in [0.15, 0.2) is 5.69 Å². The van der Waals surface area contributed by atoms with E-state index in [1.54, 1.807) is 10.6 Å². The van der Waals surface area contributed by atoms with Gasteiger partial charge >= 0.3 is 0 Å². The third-order valence-electron chi connectivity index (χ3n) is 4.68. The molecule has 0 saturated heterocycles. The monoisotopic (exact) mass is 359 g/mol. The molecule has 6 nitrogen and oxygen atoms in total. The highest BCUT2D eigenvalue weighted by Gasteiger charge is 2.17. The molecular formula is C21H21N5O. The summed E-state index contributed by atoms with van der Waals surface area (Å²) in [5, 5.41) is 11.9. The highest BCUT2D eigenvalue weighted by atomic mass is 16.2. The molecule has 0 aliphatic heterocycles. The smallest absolute Gasteiger partial charge is 0.276 e. The molecule has 0 saturated carbocycles. The number of benzene rings is 1. The molecule has 0 fully saturated rings. The fraction of sp³-hybridized carbons (Fsp3) is 0.190. The Morgan fingerprint density at radius 2 is 1.81 bits per heavy atom. The molecule has 0 atom stereocenters. The Balaban J connectivity index is 1.51. The number of rotatable bonds is 5. The molecule has 0 radical (unpaired) electrons. The first-order chi connectivity index (χ1) is 13.1. The minimum atomic E-state index is -0.229. The van der Waals surface area contributed by atoms with Crippen LogP contribution >= 0.6 is 0 Å². The van der Waals surface area contributed by atoms with Crippen molar-refractivity contribution >= 4 is 17.1 Å². The third-order valence-corrected chi connectivity index (χ3v) is 4.68. The van der Waals surface area contributed by atoms with Crippen LogP contribution in [0.1, 0.15) is 27.4 Å². The molecular weight excluding hydrogens is 338 g/mol. The maximum absolute atomic E-state index is 12.7. The van der Waals surface area contributed by atoms with Gasteiger partial charge in [-0.3, -0.25) is 9.48 Å². The summed E-state index contributed by atoms with van der Waals surface area (Å²) in [5.74, 6) is -0.229. The summed E-state index contributed by atoms with van der Waals surface area (Å²) in [6, 6.07) is 17.8. The number of carbonyl (C=O) groups is 1. The Labute approximate surface area is 157 Å². The number of pyridine rings is 1. The zero-order chi connectivity index (χ0) is 18.8. The zero-order valence-corrected chi connectivity index (χ0v) is 15.4. The minimum Gasteiger partial charge on any atom is -0.317 e. The van der Waals surface area contributed by atoms with Crippen LogP contribution in [-0.2, 0) is 13.0 Å². The van der Waals surface area contributed by atoms with E-state index >= 15 is 0 Å². The Hall–Kier alpha value is -3.41. The molecule has 0 bridgehead atoms. The lowest BCUT2D eigenvalue weighted by molar-refractivity contribution is 0.102. The summed E-state index contributed by atoms with van der Waals surface area (Å²) in [7, 11) is 0. The average molecular weight is 359 g/mol. The SMILES string of the molecule is Cc1nn(CCc2ccccc2)c(C)c1NC(=O)c1cc2ccccn2n1. The normalized spacial score (nSPS) is 11.0. The number of anilines is 1. The highest BCUT2D eigenvalue weighted by molar-refractivity contribution is 6.04. The van der Waals surface area contributed by atoms with E-state index in [0.29, 0.717) is 5.69 Å². The maximum atomic E-state index is 12.7. The van der Waals surface area contributed by atoms with Crippen LogP contribution in [0.5, 0.6) is 0 Å². The van der Waals surface area contributed by atoms with E-state index in [1.807, 2.05) is 61.1 Å². The quantitative estimate of drug-likeness (QED) is 0.592. The van der Waals surface area contributed by atoms with Gasteiger partial charge in [-0.05, 0) is 44.0 Å². The van der Waals surface area contributed by atoms with Crippen molar-refractivity contribution in [2.45, 2.75) is 26.8 Å². The second kappa shape index (κ2) is 7.07.